The minimum Gasteiger partial charge on any atom is -0.463 e. The van der Waals surface area contributed by atoms with Crippen LogP contribution in [0.1, 0.15) is 18.2 Å². The molecule has 19 heavy (non-hydrogen) atoms. The molecule has 0 saturated heterocycles. The summed E-state index contributed by atoms with van der Waals surface area (Å²) in [5.41, 5.74) is 4.70. The van der Waals surface area contributed by atoms with Gasteiger partial charge >= 0.3 is 0 Å². The van der Waals surface area contributed by atoms with Crippen LogP contribution in [0, 0.1) is 0 Å². The molecule has 2 N–H and O–H groups in total. The normalized spacial score (nSPS) is 11.1. The maximum absolute atomic E-state index is 5.22. The highest BCUT2D eigenvalue weighted by Crippen LogP contribution is 2.01. The van der Waals surface area contributed by atoms with E-state index in [-0.39, 0.29) is 0 Å². The standard InChI is InChI=1S/C14H15N3OS/c1-11(13-8-5-9-18-13)16-17-14(19)15-10-12-6-3-2-4-7-12/h2-9H,10H2,1H3,(H2,15,17,19)/b16-11-. The number of furan rings is 1. The Bertz CT molecular complexity index is 549. The molecule has 0 atom stereocenters. The molecule has 98 valence electrons. The third-order valence-electron chi connectivity index (χ3n) is 2.50. The molecule has 0 aliphatic rings. The van der Waals surface area contributed by atoms with Crippen molar-refractivity contribution in [2.24, 2.45) is 5.10 Å². The Balaban J connectivity index is 1.80. The van der Waals surface area contributed by atoms with Crippen LogP contribution in [-0.4, -0.2) is 10.8 Å². The van der Waals surface area contributed by atoms with Gasteiger partial charge in [-0.05, 0) is 36.8 Å². The van der Waals surface area contributed by atoms with Gasteiger partial charge in [-0.3, -0.25) is 5.43 Å². The molecule has 1 heterocycles. The number of rotatable bonds is 4. The molecule has 0 fully saturated rings. The zero-order valence-corrected chi connectivity index (χ0v) is 11.4. The van der Waals surface area contributed by atoms with Gasteiger partial charge in [-0.2, -0.15) is 5.10 Å². The molecule has 0 aliphatic heterocycles. The molecule has 1 aromatic heterocycles. The van der Waals surface area contributed by atoms with E-state index in [0.29, 0.717) is 11.7 Å². The van der Waals surface area contributed by atoms with Crippen LogP contribution in [-0.2, 0) is 6.54 Å². The minimum absolute atomic E-state index is 0.481. The van der Waals surface area contributed by atoms with Crippen LogP contribution >= 0.6 is 12.2 Å². The van der Waals surface area contributed by atoms with Crippen molar-refractivity contribution in [1.82, 2.24) is 10.7 Å². The summed E-state index contributed by atoms with van der Waals surface area (Å²) in [6, 6.07) is 13.7. The zero-order chi connectivity index (χ0) is 13.5. The molecule has 0 unspecified atom stereocenters. The fourth-order valence-electron chi connectivity index (χ4n) is 1.49. The molecule has 4 nitrogen and oxygen atoms in total. The third kappa shape index (κ3) is 4.22. The first-order chi connectivity index (χ1) is 9.25. The molecule has 0 saturated carbocycles. The van der Waals surface area contributed by atoms with Gasteiger partial charge in [0.05, 0.1) is 6.26 Å². The fraction of sp³-hybridized carbons (Fsp3) is 0.143. The number of hydrazone groups is 1. The van der Waals surface area contributed by atoms with E-state index in [1.165, 1.54) is 5.56 Å². The molecule has 2 rings (SSSR count). The molecule has 0 radical (unpaired) electrons. The average molecular weight is 273 g/mol. The number of thiocarbonyl (C=S) groups is 1. The van der Waals surface area contributed by atoms with Crippen LogP contribution in [0.25, 0.3) is 0 Å². The Hall–Kier alpha value is -2.14. The summed E-state index contributed by atoms with van der Waals surface area (Å²) >= 11 is 5.14. The summed E-state index contributed by atoms with van der Waals surface area (Å²) in [7, 11) is 0. The average Bonchev–Trinajstić information content (AvgIpc) is 2.98. The minimum atomic E-state index is 0.481. The Labute approximate surface area is 117 Å². The van der Waals surface area contributed by atoms with Crippen LogP contribution in [0.5, 0.6) is 0 Å². The van der Waals surface area contributed by atoms with Crippen molar-refractivity contribution < 1.29 is 4.42 Å². The summed E-state index contributed by atoms with van der Waals surface area (Å²) in [5, 5.41) is 7.71. The van der Waals surface area contributed by atoms with E-state index in [2.05, 4.69) is 15.8 Å². The number of benzene rings is 1. The molecule has 5 heteroatoms. The Kier molecular flexibility index (Phi) is 4.69. The first-order valence-electron chi connectivity index (χ1n) is 5.91. The summed E-state index contributed by atoms with van der Waals surface area (Å²) in [5.74, 6) is 0.721. The third-order valence-corrected chi connectivity index (χ3v) is 2.73. The Morgan fingerprint density at radius 1 is 1.21 bits per heavy atom. The second-order valence-electron chi connectivity index (χ2n) is 3.95. The van der Waals surface area contributed by atoms with Gasteiger partial charge < -0.3 is 9.73 Å². The van der Waals surface area contributed by atoms with Crippen molar-refractivity contribution >= 4 is 23.0 Å². The summed E-state index contributed by atoms with van der Waals surface area (Å²) in [4.78, 5) is 0. The quantitative estimate of drug-likeness (QED) is 0.511. The van der Waals surface area contributed by atoms with E-state index in [0.717, 1.165) is 11.5 Å². The molecule has 1 aromatic carbocycles. The molecule has 0 spiro atoms. The highest BCUT2D eigenvalue weighted by atomic mass is 32.1. The predicted octanol–water partition coefficient (Wildman–Crippen LogP) is 2.67. The van der Waals surface area contributed by atoms with Gasteiger partial charge in [0.1, 0.15) is 11.5 Å². The van der Waals surface area contributed by atoms with Crippen molar-refractivity contribution in [2.75, 3.05) is 0 Å². The van der Waals surface area contributed by atoms with E-state index in [1.807, 2.05) is 49.4 Å². The van der Waals surface area contributed by atoms with E-state index in [9.17, 15) is 0 Å². The number of nitrogens with zero attached hydrogens (tertiary/aromatic N) is 1. The number of hydrogen-bond acceptors (Lipinski definition) is 3. The summed E-state index contributed by atoms with van der Waals surface area (Å²) in [6.45, 7) is 2.52. The largest absolute Gasteiger partial charge is 0.463 e. The first kappa shape index (κ1) is 13.3. The zero-order valence-electron chi connectivity index (χ0n) is 10.6. The summed E-state index contributed by atoms with van der Waals surface area (Å²) < 4.78 is 5.22. The van der Waals surface area contributed by atoms with Gasteiger partial charge in [0.25, 0.3) is 0 Å². The highest BCUT2D eigenvalue weighted by Gasteiger charge is 2.00. The van der Waals surface area contributed by atoms with Crippen LogP contribution in [0.4, 0.5) is 0 Å². The van der Waals surface area contributed by atoms with Gasteiger partial charge in [-0.25, -0.2) is 0 Å². The molecule has 0 bridgehead atoms. The lowest BCUT2D eigenvalue weighted by atomic mass is 10.2. The highest BCUT2D eigenvalue weighted by molar-refractivity contribution is 7.80. The van der Waals surface area contributed by atoms with Crippen LogP contribution < -0.4 is 10.7 Å². The maximum Gasteiger partial charge on any atom is 0.187 e. The van der Waals surface area contributed by atoms with Crippen LogP contribution in [0.2, 0.25) is 0 Å². The van der Waals surface area contributed by atoms with Crippen molar-refractivity contribution in [3.63, 3.8) is 0 Å². The fourth-order valence-corrected chi connectivity index (χ4v) is 1.61. The second kappa shape index (κ2) is 6.70. The van der Waals surface area contributed by atoms with Gasteiger partial charge in [-0.15, -0.1) is 0 Å². The van der Waals surface area contributed by atoms with Crippen LogP contribution in [0.15, 0.2) is 58.2 Å². The van der Waals surface area contributed by atoms with E-state index >= 15 is 0 Å². The van der Waals surface area contributed by atoms with E-state index in [4.69, 9.17) is 16.6 Å². The van der Waals surface area contributed by atoms with Crippen molar-refractivity contribution in [3.8, 4) is 0 Å². The number of nitrogens with one attached hydrogen (secondary N) is 2. The van der Waals surface area contributed by atoms with Crippen molar-refractivity contribution in [1.29, 1.82) is 0 Å². The van der Waals surface area contributed by atoms with Gasteiger partial charge in [0, 0.05) is 6.54 Å². The van der Waals surface area contributed by atoms with Crippen molar-refractivity contribution in [3.05, 3.63) is 60.1 Å². The van der Waals surface area contributed by atoms with Gasteiger partial charge in [0.15, 0.2) is 5.11 Å². The number of hydrogen-bond donors (Lipinski definition) is 2. The van der Waals surface area contributed by atoms with Crippen LogP contribution in [0.3, 0.4) is 0 Å². The van der Waals surface area contributed by atoms with E-state index in [1.54, 1.807) is 6.26 Å². The topological polar surface area (TPSA) is 49.6 Å². The van der Waals surface area contributed by atoms with Gasteiger partial charge in [0.2, 0.25) is 0 Å². The first-order valence-corrected chi connectivity index (χ1v) is 6.32. The molecule has 2 aromatic rings. The molecule has 0 aliphatic carbocycles. The SMILES string of the molecule is C/C(=N/NC(=S)NCc1ccccc1)c1ccco1. The van der Waals surface area contributed by atoms with E-state index < -0.39 is 0 Å². The Morgan fingerprint density at radius 3 is 2.68 bits per heavy atom. The smallest absolute Gasteiger partial charge is 0.187 e. The Morgan fingerprint density at radius 2 is 2.00 bits per heavy atom. The van der Waals surface area contributed by atoms with Crippen molar-refractivity contribution in [2.45, 2.75) is 13.5 Å². The summed E-state index contributed by atoms with van der Waals surface area (Å²) in [6.07, 6.45) is 1.61. The molecular weight excluding hydrogens is 258 g/mol. The van der Waals surface area contributed by atoms with Gasteiger partial charge in [-0.1, -0.05) is 30.3 Å². The second-order valence-corrected chi connectivity index (χ2v) is 4.36. The predicted molar refractivity (Wildman–Crippen MR) is 79.9 cm³/mol. The maximum atomic E-state index is 5.22. The lowest BCUT2D eigenvalue weighted by Gasteiger charge is -2.07. The lowest BCUT2D eigenvalue weighted by Crippen LogP contribution is -2.32. The lowest BCUT2D eigenvalue weighted by molar-refractivity contribution is 0.556. The molecular formula is C14H15N3OS. The monoisotopic (exact) mass is 273 g/mol. The molecule has 0 amide bonds.